The van der Waals surface area contributed by atoms with Crippen LogP contribution in [-0.4, -0.2) is 23.9 Å². The predicted octanol–water partition coefficient (Wildman–Crippen LogP) is 3.67. The second-order valence-corrected chi connectivity index (χ2v) is 5.01. The highest BCUT2D eigenvalue weighted by Crippen LogP contribution is 2.19. The Morgan fingerprint density at radius 1 is 0.875 bits per heavy atom. The van der Waals surface area contributed by atoms with Crippen LogP contribution in [0.2, 0.25) is 0 Å². The summed E-state index contributed by atoms with van der Waals surface area (Å²) in [6.07, 6.45) is 13.3. The van der Waals surface area contributed by atoms with Crippen LogP contribution in [0.1, 0.15) is 71.1 Å². The highest BCUT2D eigenvalue weighted by Gasteiger charge is 2.11. The molecule has 96 valence electrons. The lowest BCUT2D eigenvalue weighted by atomic mass is 9.98. The largest absolute Gasteiger partial charge is 0.393 e. The summed E-state index contributed by atoms with van der Waals surface area (Å²) in [4.78, 5) is 0. The molecule has 0 aromatic carbocycles. The summed E-state index contributed by atoms with van der Waals surface area (Å²) in [5, 5.41) is 8.91. The molecule has 1 N–H and O–H groups in total. The third-order valence-corrected chi connectivity index (χ3v) is 3.53. The van der Waals surface area contributed by atoms with Gasteiger partial charge in [-0.1, -0.05) is 38.5 Å². The summed E-state index contributed by atoms with van der Waals surface area (Å²) in [6, 6.07) is 0. The van der Waals surface area contributed by atoms with E-state index in [1.165, 1.54) is 51.4 Å². The SMILES string of the molecule is CCOC1CCCCC1.OC1CCCCC1. The molecule has 0 bridgehead atoms. The van der Waals surface area contributed by atoms with Gasteiger partial charge < -0.3 is 9.84 Å². The standard InChI is InChI=1S/C8H16O.C6H12O/c1-2-9-8-6-4-3-5-7-8;7-6-4-2-1-3-5-6/h8H,2-7H2,1H3;6-7H,1-5H2. The van der Waals surface area contributed by atoms with E-state index in [2.05, 4.69) is 6.92 Å². The monoisotopic (exact) mass is 228 g/mol. The molecule has 0 aromatic heterocycles. The zero-order valence-electron chi connectivity index (χ0n) is 10.8. The van der Waals surface area contributed by atoms with Crippen LogP contribution < -0.4 is 0 Å². The summed E-state index contributed by atoms with van der Waals surface area (Å²) in [6.45, 7) is 2.97. The molecule has 2 heteroatoms. The molecule has 0 heterocycles. The van der Waals surface area contributed by atoms with E-state index in [1.807, 2.05) is 0 Å². The number of aliphatic hydroxyl groups excluding tert-OH is 1. The lowest BCUT2D eigenvalue weighted by Crippen LogP contribution is -2.15. The molecule has 2 aliphatic rings. The Morgan fingerprint density at radius 3 is 1.75 bits per heavy atom. The van der Waals surface area contributed by atoms with E-state index < -0.39 is 0 Å². The van der Waals surface area contributed by atoms with Gasteiger partial charge in [0.15, 0.2) is 0 Å². The Kier molecular flexibility index (Phi) is 7.87. The molecule has 2 rings (SSSR count). The molecule has 2 aliphatic carbocycles. The summed E-state index contributed by atoms with van der Waals surface area (Å²) >= 11 is 0. The first-order valence-corrected chi connectivity index (χ1v) is 7.12. The zero-order chi connectivity index (χ0) is 11.6. The van der Waals surface area contributed by atoms with E-state index >= 15 is 0 Å². The maximum atomic E-state index is 8.91. The van der Waals surface area contributed by atoms with E-state index in [1.54, 1.807) is 0 Å². The molecule has 0 amide bonds. The molecule has 0 radical (unpaired) electrons. The number of aliphatic hydroxyl groups is 1. The smallest absolute Gasteiger partial charge is 0.0575 e. The van der Waals surface area contributed by atoms with Gasteiger partial charge in [-0.05, 0) is 32.6 Å². The van der Waals surface area contributed by atoms with Crippen molar-refractivity contribution < 1.29 is 9.84 Å². The van der Waals surface area contributed by atoms with Gasteiger partial charge in [-0.3, -0.25) is 0 Å². The van der Waals surface area contributed by atoms with E-state index in [-0.39, 0.29) is 6.10 Å². The minimum atomic E-state index is 0.0359. The summed E-state index contributed by atoms with van der Waals surface area (Å²) in [7, 11) is 0. The van der Waals surface area contributed by atoms with Crippen LogP contribution in [0, 0.1) is 0 Å². The van der Waals surface area contributed by atoms with Gasteiger partial charge in [0.05, 0.1) is 12.2 Å². The zero-order valence-corrected chi connectivity index (χ0v) is 10.8. The van der Waals surface area contributed by atoms with E-state index in [0.29, 0.717) is 6.10 Å². The molecule has 0 spiro atoms. The van der Waals surface area contributed by atoms with Crippen molar-refractivity contribution in [2.24, 2.45) is 0 Å². The number of hydrogen-bond donors (Lipinski definition) is 1. The Hall–Kier alpha value is -0.0800. The van der Waals surface area contributed by atoms with Crippen LogP contribution in [0.3, 0.4) is 0 Å². The fourth-order valence-electron chi connectivity index (χ4n) is 2.55. The molecule has 2 saturated carbocycles. The summed E-state index contributed by atoms with van der Waals surface area (Å²) in [5.74, 6) is 0. The van der Waals surface area contributed by atoms with E-state index in [4.69, 9.17) is 9.84 Å². The number of ether oxygens (including phenoxy) is 1. The lowest BCUT2D eigenvalue weighted by Gasteiger charge is -2.20. The van der Waals surface area contributed by atoms with E-state index in [9.17, 15) is 0 Å². The van der Waals surface area contributed by atoms with Crippen molar-refractivity contribution in [1.82, 2.24) is 0 Å². The molecule has 0 aromatic rings. The highest BCUT2D eigenvalue weighted by atomic mass is 16.5. The van der Waals surface area contributed by atoms with Crippen molar-refractivity contribution in [3.05, 3.63) is 0 Å². The first-order chi connectivity index (χ1) is 7.83. The van der Waals surface area contributed by atoms with E-state index in [0.717, 1.165) is 19.4 Å². The molecular formula is C14H28O2. The van der Waals surface area contributed by atoms with Gasteiger partial charge in [-0.2, -0.15) is 0 Å². The molecule has 2 fully saturated rings. The Bertz CT molecular complexity index is 144. The molecule has 0 atom stereocenters. The molecule has 16 heavy (non-hydrogen) atoms. The fraction of sp³-hybridized carbons (Fsp3) is 1.00. The first-order valence-electron chi connectivity index (χ1n) is 7.12. The number of hydrogen-bond acceptors (Lipinski definition) is 2. The van der Waals surface area contributed by atoms with Crippen LogP contribution in [0.5, 0.6) is 0 Å². The van der Waals surface area contributed by atoms with Crippen molar-refractivity contribution in [3.63, 3.8) is 0 Å². The van der Waals surface area contributed by atoms with Crippen molar-refractivity contribution in [2.75, 3.05) is 6.61 Å². The third kappa shape index (κ3) is 6.49. The Labute approximate surface area is 100 Å². The maximum Gasteiger partial charge on any atom is 0.0575 e. The molecule has 0 unspecified atom stereocenters. The summed E-state index contributed by atoms with van der Waals surface area (Å²) in [5.41, 5.74) is 0. The van der Waals surface area contributed by atoms with Gasteiger partial charge in [0.2, 0.25) is 0 Å². The third-order valence-electron chi connectivity index (χ3n) is 3.53. The molecule has 0 saturated heterocycles. The number of rotatable bonds is 2. The average Bonchev–Trinajstić information content (AvgIpc) is 2.33. The van der Waals surface area contributed by atoms with Crippen LogP contribution in [-0.2, 0) is 4.74 Å². The van der Waals surface area contributed by atoms with Crippen molar-refractivity contribution >= 4 is 0 Å². The highest BCUT2D eigenvalue weighted by molar-refractivity contribution is 4.64. The first kappa shape index (κ1) is 14.0. The lowest BCUT2D eigenvalue weighted by molar-refractivity contribution is 0.0368. The van der Waals surface area contributed by atoms with Gasteiger partial charge in [0.25, 0.3) is 0 Å². The van der Waals surface area contributed by atoms with Gasteiger partial charge in [0.1, 0.15) is 0 Å². The average molecular weight is 228 g/mol. The molecular weight excluding hydrogens is 200 g/mol. The second-order valence-electron chi connectivity index (χ2n) is 5.01. The van der Waals surface area contributed by atoms with Crippen LogP contribution in [0.15, 0.2) is 0 Å². The van der Waals surface area contributed by atoms with Gasteiger partial charge in [0, 0.05) is 6.61 Å². The van der Waals surface area contributed by atoms with Crippen molar-refractivity contribution in [3.8, 4) is 0 Å². The van der Waals surface area contributed by atoms with Crippen molar-refractivity contribution in [2.45, 2.75) is 83.3 Å². The van der Waals surface area contributed by atoms with Crippen LogP contribution in [0.4, 0.5) is 0 Å². The van der Waals surface area contributed by atoms with Gasteiger partial charge >= 0.3 is 0 Å². The minimum absolute atomic E-state index is 0.0359. The predicted molar refractivity (Wildman–Crippen MR) is 67.6 cm³/mol. The van der Waals surface area contributed by atoms with Crippen LogP contribution in [0.25, 0.3) is 0 Å². The van der Waals surface area contributed by atoms with Gasteiger partial charge in [-0.25, -0.2) is 0 Å². The second kappa shape index (κ2) is 9.00. The normalized spacial score (nSPS) is 23.6. The Balaban J connectivity index is 0.000000165. The van der Waals surface area contributed by atoms with Gasteiger partial charge in [-0.15, -0.1) is 0 Å². The molecule has 2 nitrogen and oxygen atoms in total. The Morgan fingerprint density at radius 2 is 1.38 bits per heavy atom. The van der Waals surface area contributed by atoms with Crippen molar-refractivity contribution in [1.29, 1.82) is 0 Å². The topological polar surface area (TPSA) is 29.5 Å². The maximum absolute atomic E-state index is 8.91. The fourth-order valence-corrected chi connectivity index (χ4v) is 2.55. The van der Waals surface area contributed by atoms with Crippen LogP contribution >= 0.6 is 0 Å². The summed E-state index contributed by atoms with van der Waals surface area (Å²) < 4.78 is 5.48. The minimum Gasteiger partial charge on any atom is -0.393 e. The quantitative estimate of drug-likeness (QED) is 0.781. The molecule has 0 aliphatic heterocycles.